The molecule has 5 nitrogen and oxygen atoms in total. The summed E-state index contributed by atoms with van der Waals surface area (Å²) < 4.78 is 5.15. The molecule has 0 bridgehead atoms. The average molecular weight is 216 g/mol. The quantitative estimate of drug-likeness (QED) is 0.836. The molecule has 1 saturated carbocycles. The van der Waals surface area contributed by atoms with Gasteiger partial charge in [-0.05, 0) is 25.0 Å². The molecular formula is C11H12N4O. The van der Waals surface area contributed by atoms with Gasteiger partial charge in [-0.25, -0.2) is 0 Å². The van der Waals surface area contributed by atoms with Gasteiger partial charge in [-0.3, -0.25) is 4.98 Å². The fourth-order valence-electron chi connectivity index (χ4n) is 1.46. The maximum atomic E-state index is 5.15. The first-order valence-electron chi connectivity index (χ1n) is 5.38. The molecule has 0 saturated heterocycles. The maximum Gasteiger partial charge on any atom is 0.240 e. The molecule has 5 heteroatoms. The van der Waals surface area contributed by atoms with Gasteiger partial charge in [0, 0.05) is 24.0 Å². The summed E-state index contributed by atoms with van der Waals surface area (Å²) in [5.74, 6) is 1.23. The highest BCUT2D eigenvalue weighted by molar-refractivity contribution is 5.51. The molecule has 0 amide bonds. The highest BCUT2D eigenvalue weighted by Crippen LogP contribution is 2.19. The minimum absolute atomic E-state index is 0.598. The number of nitrogens with zero attached hydrogens (tertiary/aromatic N) is 3. The molecule has 0 aromatic carbocycles. The smallest absolute Gasteiger partial charge is 0.240 e. The summed E-state index contributed by atoms with van der Waals surface area (Å²) in [6.07, 6.45) is 5.95. The summed E-state index contributed by atoms with van der Waals surface area (Å²) in [6.45, 7) is 0.651. The normalized spacial score (nSPS) is 15.2. The van der Waals surface area contributed by atoms with Crippen LogP contribution >= 0.6 is 0 Å². The van der Waals surface area contributed by atoms with E-state index < -0.39 is 0 Å². The van der Waals surface area contributed by atoms with E-state index in [2.05, 4.69) is 20.4 Å². The molecule has 0 aliphatic heterocycles. The van der Waals surface area contributed by atoms with Gasteiger partial charge in [-0.1, -0.05) is 5.16 Å². The second-order valence-electron chi connectivity index (χ2n) is 3.91. The average Bonchev–Trinajstić information content (AvgIpc) is 3.05. The lowest BCUT2D eigenvalue weighted by Gasteiger charge is -1.94. The molecule has 82 valence electrons. The summed E-state index contributed by atoms with van der Waals surface area (Å²) in [6, 6.07) is 4.41. The van der Waals surface area contributed by atoms with Gasteiger partial charge in [-0.2, -0.15) is 4.98 Å². The van der Waals surface area contributed by atoms with Crippen molar-refractivity contribution in [3.8, 4) is 11.4 Å². The van der Waals surface area contributed by atoms with Gasteiger partial charge in [-0.15, -0.1) is 0 Å². The first kappa shape index (κ1) is 9.47. The predicted molar refractivity (Wildman–Crippen MR) is 57.4 cm³/mol. The lowest BCUT2D eigenvalue weighted by atomic mass is 10.3. The first-order chi connectivity index (χ1) is 7.92. The Kier molecular flexibility index (Phi) is 2.38. The van der Waals surface area contributed by atoms with Crippen molar-refractivity contribution in [2.75, 3.05) is 0 Å². The predicted octanol–water partition coefficient (Wildman–Crippen LogP) is 1.38. The zero-order valence-corrected chi connectivity index (χ0v) is 8.76. The molecule has 2 heterocycles. The first-order valence-corrected chi connectivity index (χ1v) is 5.38. The number of hydrogen-bond donors (Lipinski definition) is 1. The van der Waals surface area contributed by atoms with Crippen LogP contribution in [0.2, 0.25) is 0 Å². The van der Waals surface area contributed by atoms with E-state index in [0.717, 1.165) is 5.56 Å². The second-order valence-corrected chi connectivity index (χ2v) is 3.91. The van der Waals surface area contributed by atoms with Crippen LogP contribution in [0, 0.1) is 0 Å². The number of pyridine rings is 1. The zero-order chi connectivity index (χ0) is 10.8. The van der Waals surface area contributed by atoms with Crippen molar-refractivity contribution in [3.05, 3.63) is 30.4 Å². The van der Waals surface area contributed by atoms with E-state index in [0.29, 0.717) is 24.3 Å². The standard InChI is InChI=1S/C11H12N4O/c1-2-8(6-12-5-1)11-14-10(16-15-11)7-13-9-3-4-9/h1-2,5-6,9,13H,3-4,7H2. The number of hydrogen-bond acceptors (Lipinski definition) is 5. The minimum atomic E-state index is 0.598. The van der Waals surface area contributed by atoms with E-state index >= 15 is 0 Å². The Labute approximate surface area is 92.9 Å². The van der Waals surface area contributed by atoms with Crippen LogP contribution in [0.4, 0.5) is 0 Å². The summed E-state index contributed by atoms with van der Waals surface area (Å²) in [5, 5.41) is 7.24. The number of aromatic nitrogens is 3. The van der Waals surface area contributed by atoms with Gasteiger partial charge in [0.1, 0.15) is 0 Å². The third-order valence-electron chi connectivity index (χ3n) is 2.51. The van der Waals surface area contributed by atoms with Gasteiger partial charge in [0.25, 0.3) is 0 Å². The Morgan fingerprint density at radius 3 is 3.12 bits per heavy atom. The Morgan fingerprint density at radius 2 is 2.38 bits per heavy atom. The van der Waals surface area contributed by atoms with Crippen LogP contribution < -0.4 is 5.32 Å². The van der Waals surface area contributed by atoms with Crippen molar-refractivity contribution in [3.63, 3.8) is 0 Å². The van der Waals surface area contributed by atoms with Gasteiger partial charge >= 0.3 is 0 Å². The highest BCUT2D eigenvalue weighted by Gasteiger charge is 2.21. The van der Waals surface area contributed by atoms with E-state index in [1.807, 2.05) is 12.1 Å². The Bertz CT molecular complexity index is 464. The van der Waals surface area contributed by atoms with Crippen molar-refractivity contribution in [2.45, 2.75) is 25.4 Å². The van der Waals surface area contributed by atoms with Crippen LogP contribution in [0.25, 0.3) is 11.4 Å². The van der Waals surface area contributed by atoms with Gasteiger partial charge < -0.3 is 9.84 Å². The van der Waals surface area contributed by atoms with E-state index in [9.17, 15) is 0 Å². The van der Waals surface area contributed by atoms with Crippen molar-refractivity contribution in [2.24, 2.45) is 0 Å². The topological polar surface area (TPSA) is 63.8 Å². The van der Waals surface area contributed by atoms with E-state index in [1.165, 1.54) is 12.8 Å². The number of nitrogens with one attached hydrogen (secondary N) is 1. The Hall–Kier alpha value is -1.75. The van der Waals surface area contributed by atoms with E-state index in [4.69, 9.17) is 4.52 Å². The van der Waals surface area contributed by atoms with Crippen molar-refractivity contribution < 1.29 is 4.52 Å². The molecule has 1 fully saturated rings. The molecule has 0 radical (unpaired) electrons. The number of rotatable bonds is 4. The van der Waals surface area contributed by atoms with Crippen molar-refractivity contribution in [1.29, 1.82) is 0 Å². The molecule has 0 unspecified atom stereocenters. The van der Waals surface area contributed by atoms with Crippen molar-refractivity contribution in [1.82, 2.24) is 20.4 Å². The van der Waals surface area contributed by atoms with E-state index in [1.54, 1.807) is 12.4 Å². The van der Waals surface area contributed by atoms with Gasteiger partial charge in [0.15, 0.2) is 0 Å². The second kappa shape index (κ2) is 4.02. The molecule has 2 aromatic heterocycles. The monoisotopic (exact) mass is 216 g/mol. The van der Waals surface area contributed by atoms with Crippen molar-refractivity contribution >= 4 is 0 Å². The van der Waals surface area contributed by atoms with Crippen LogP contribution in [0.1, 0.15) is 18.7 Å². The van der Waals surface area contributed by atoms with Crippen LogP contribution in [0.5, 0.6) is 0 Å². The molecule has 16 heavy (non-hydrogen) atoms. The molecular weight excluding hydrogens is 204 g/mol. The molecule has 1 aliphatic rings. The van der Waals surface area contributed by atoms with Gasteiger partial charge in [0.2, 0.25) is 11.7 Å². The Morgan fingerprint density at radius 1 is 1.44 bits per heavy atom. The van der Waals surface area contributed by atoms with Crippen LogP contribution in [0.3, 0.4) is 0 Å². The lowest BCUT2D eigenvalue weighted by molar-refractivity contribution is 0.367. The third-order valence-corrected chi connectivity index (χ3v) is 2.51. The molecule has 1 aliphatic carbocycles. The van der Waals surface area contributed by atoms with Crippen LogP contribution in [0.15, 0.2) is 29.0 Å². The molecule has 0 spiro atoms. The molecule has 1 N–H and O–H groups in total. The molecule has 3 rings (SSSR count). The largest absolute Gasteiger partial charge is 0.338 e. The molecule has 0 atom stereocenters. The maximum absolute atomic E-state index is 5.15. The SMILES string of the molecule is c1cncc(-c2noc(CNC3CC3)n2)c1. The lowest BCUT2D eigenvalue weighted by Crippen LogP contribution is -2.15. The van der Waals surface area contributed by atoms with Gasteiger partial charge in [0.05, 0.1) is 6.54 Å². The molecule has 2 aromatic rings. The highest BCUT2D eigenvalue weighted by atomic mass is 16.5. The summed E-state index contributed by atoms with van der Waals surface area (Å²) in [7, 11) is 0. The Balaban J connectivity index is 1.71. The minimum Gasteiger partial charge on any atom is -0.338 e. The summed E-state index contributed by atoms with van der Waals surface area (Å²) in [4.78, 5) is 8.32. The summed E-state index contributed by atoms with van der Waals surface area (Å²) >= 11 is 0. The van der Waals surface area contributed by atoms with E-state index in [-0.39, 0.29) is 0 Å². The summed E-state index contributed by atoms with van der Waals surface area (Å²) in [5.41, 5.74) is 0.879. The fraction of sp³-hybridized carbons (Fsp3) is 0.364. The van der Waals surface area contributed by atoms with Crippen LogP contribution in [-0.4, -0.2) is 21.2 Å². The third kappa shape index (κ3) is 2.09. The zero-order valence-electron chi connectivity index (χ0n) is 8.76. The van der Waals surface area contributed by atoms with Crippen LogP contribution in [-0.2, 0) is 6.54 Å². The fourth-order valence-corrected chi connectivity index (χ4v) is 1.46.